The molecule has 0 aliphatic carbocycles. The average molecular weight is 290 g/mol. The van der Waals surface area contributed by atoms with Gasteiger partial charge in [0, 0.05) is 25.7 Å². The van der Waals surface area contributed by atoms with E-state index in [1.54, 1.807) is 0 Å². The van der Waals surface area contributed by atoms with Gasteiger partial charge in [-0.2, -0.15) is 0 Å². The highest BCUT2D eigenvalue weighted by molar-refractivity contribution is 5.80. The van der Waals surface area contributed by atoms with Crippen molar-refractivity contribution in [3.05, 3.63) is 25.3 Å². The molecule has 0 spiro atoms. The fraction of sp³-hybridized carbons (Fsp3) is 0.588. The van der Waals surface area contributed by atoms with Gasteiger partial charge < -0.3 is 10.6 Å². The molecule has 2 N–H and O–H groups in total. The number of hydrogen-bond acceptors (Lipinski definition) is 2. The summed E-state index contributed by atoms with van der Waals surface area (Å²) < 4.78 is 0. The van der Waals surface area contributed by atoms with Gasteiger partial charge in [-0.25, -0.2) is 0 Å². The van der Waals surface area contributed by atoms with Crippen LogP contribution in [0.1, 0.15) is 20.8 Å². The topological polar surface area (TPSA) is 39.7 Å². The van der Waals surface area contributed by atoms with E-state index < -0.39 is 0 Å². The first kappa shape index (κ1) is 19.3. The van der Waals surface area contributed by atoms with Gasteiger partial charge in [0.1, 0.15) is 0 Å². The normalized spacial score (nSPS) is 12.9. The van der Waals surface area contributed by atoms with Crippen molar-refractivity contribution in [1.82, 2.24) is 15.5 Å². The van der Waals surface area contributed by atoms with Crippen LogP contribution in [0, 0.1) is 18.3 Å². The van der Waals surface area contributed by atoms with Crippen molar-refractivity contribution < 1.29 is 0 Å². The molecule has 0 heterocycles. The molecular formula is C17H30N4. The van der Waals surface area contributed by atoms with E-state index in [1.165, 1.54) is 0 Å². The maximum absolute atomic E-state index is 5.28. The third-order valence-corrected chi connectivity index (χ3v) is 3.10. The molecule has 0 saturated heterocycles. The molecule has 0 fully saturated rings. The summed E-state index contributed by atoms with van der Waals surface area (Å²) in [4.78, 5) is 6.98. The molecule has 1 atom stereocenters. The Morgan fingerprint density at radius 1 is 1.29 bits per heavy atom. The molecule has 0 aliphatic rings. The zero-order chi connectivity index (χ0) is 16.1. The van der Waals surface area contributed by atoms with Crippen LogP contribution in [0.5, 0.6) is 0 Å². The first-order chi connectivity index (χ1) is 10.1. The van der Waals surface area contributed by atoms with Gasteiger partial charge in [0.2, 0.25) is 0 Å². The van der Waals surface area contributed by atoms with Gasteiger partial charge in [0.15, 0.2) is 5.96 Å². The van der Waals surface area contributed by atoms with E-state index in [-0.39, 0.29) is 0 Å². The maximum Gasteiger partial charge on any atom is 0.192 e. The smallest absolute Gasteiger partial charge is 0.192 e. The van der Waals surface area contributed by atoms with Crippen molar-refractivity contribution in [1.29, 1.82) is 0 Å². The van der Waals surface area contributed by atoms with Gasteiger partial charge in [-0.1, -0.05) is 31.9 Å². The fourth-order valence-electron chi connectivity index (χ4n) is 2.09. The van der Waals surface area contributed by atoms with Gasteiger partial charge in [-0.3, -0.25) is 9.89 Å². The third-order valence-electron chi connectivity index (χ3n) is 3.10. The Hall–Kier alpha value is -1.73. The minimum Gasteiger partial charge on any atom is -0.357 e. The summed E-state index contributed by atoms with van der Waals surface area (Å²) >= 11 is 0. The van der Waals surface area contributed by atoms with E-state index in [1.807, 2.05) is 19.1 Å². The predicted molar refractivity (Wildman–Crippen MR) is 93.4 cm³/mol. The number of nitrogens with zero attached hydrogens (tertiary/aromatic N) is 2. The Morgan fingerprint density at radius 3 is 2.33 bits per heavy atom. The maximum atomic E-state index is 5.28. The summed E-state index contributed by atoms with van der Waals surface area (Å²) in [7, 11) is 0. The van der Waals surface area contributed by atoms with Gasteiger partial charge in [0.25, 0.3) is 0 Å². The van der Waals surface area contributed by atoms with Crippen molar-refractivity contribution in [2.45, 2.75) is 26.8 Å². The monoisotopic (exact) mass is 290 g/mol. The largest absolute Gasteiger partial charge is 0.357 e. The second kappa shape index (κ2) is 12.0. The van der Waals surface area contributed by atoms with Crippen molar-refractivity contribution in [2.75, 3.05) is 32.7 Å². The number of nitrogens with one attached hydrogen (secondary N) is 2. The molecule has 0 radical (unpaired) electrons. The minimum atomic E-state index is 0.335. The fourth-order valence-corrected chi connectivity index (χ4v) is 2.09. The zero-order valence-corrected chi connectivity index (χ0v) is 13.7. The van der Waals surface area contributed by atoms with Crippen LogP contribution in [0.15, 0.2) is 30.3 Å². The summed E-state index contributed by atoms with van der Waals surface area (Å²) in [6.07, 6.45) is 9.12. The average Bonchev–Trinajstić information content (AvgIpc) is 2.44. The number of aliphatic imine (C=N–C) groups is 1. The third kappa shape index (κ3) is 8.21. The van der Waals surface area contributed by atoms with Crippen LogP contribution in [0.25, 0.3) is 0 Å². The van der Waals surface area contributed by atoms with Crippen LogP contribution in [0.3, 0.4) is 0 Å². The number of rotatable bonds is 10. The molecular weight excluding hydrogens is 260 g/mol. The molecule has 0 aromatic heterocycles. The van der Waals surface area contributed by atoms with E-state index in [0.29, 0.717) is 25.0 Å². The molecule has 0 amide bonds. The Bertz CT molecular complexity index is 355. The Morgan fingerprint density at radius 2 is 1.90 bits per heavy atom. The summed E-state index contributed by atoms with van der Waals surface area (Å²) in [6.45, 7) is 17.8. The van der Waals surface area contributed by atoms with Crippen LogP contribution < -0.4 is 10.6 Å². The molecule has 0 aliphatic heterocycles. The molecule has 118 valence electrons. The molecule has 21 heavy (non-hydrogen) atoms. The van der Waals surface area contributed by atoms with Crippen molar-refractivity contribution in [3.63, 3.8) is 0 Å². The number of hydrogen-bond donors (Lipinski definition) is 2. The first-order valence-corrected chi connectivity index (χ1v) is 7.52. The molecule has 0 bridgehead atoms. The highest BCUT2D eigenvalue weighted by Crippen LogP contribution is 2.11. The SMILES string of the molecule is C#CCNC(=NCC(C(C)C)N(CC=C)CC=C)NCC. The highest BCUT2D eigenvalue weighted by Gasteiger charge is 2.19. The van der Waals surface area contributed by atoms with Gasteiger partial charge >= 0.3 is 0 Å². The van der Waals surface area contributed by atoms with Crippen LogP contribution >= 0.6 is 0 Å². The molecule has 4 nitrogen and oxygen atoms in total. The van der Waals surface area contributed by atoms with E-state index in [2.05, 4.69) is 53.5 Å². The van der Waals surface area contributed by atoms with Gasteiger partial charge in [0.05, 0.1) is 13.1 Å². The summed E-state index contributed by atoms with van der Waals surface area (Å²) in [6, 6.07) is 0.335. The van der Waals surface area contributed by atoms with Crippen LogP contribution in [-0.2, 0) is 0 Å². The first-order valence-electron chi connectivity index (χ1n) is 7.52. The zero-order valence-electron chi connectivity index (χ0n) is 13.7. The molecule has 0 aromatic rings. The molecule has 0 saturated carbocycles. The quantitative estimate of drug-likeness (QED) is 0.279. The van der Waals surface area contributed by atoms with Crippen molar-refractivity contribution >= 4 is 5.96 Å². The Labute approximate surface area is 130 Å². The lowest BCUT2D eigenvalue weighted by atomic mass is 10.0. The molecule has 4 heteroatoms. The second-order valence-electron chi connectivity index (χ2n) is 5.12. The summed E-state index contributed by atoms with van der Waals surface area (Å²) in [5.41, 5.74) is 0. The van der Waals surface area contributed by atoms with Crippen molar-refractivity contribution in [3.8, 4) is 12.3 Å². The van der Waals surface area contributed by atoms with E-state index in [0.717, 1.165) is 25.6 Å². The molecule has 0 rings (SSSR count). The van der Waals surface area contributed by atoms with E-state index in [9.17, 15) is 0 Å². The highest BCUT2D eigenvalue weighted by atomic mass is 15.2. The Kier molecular flexibility index (Phi) is 11.1. The molecule has 1 unspecified atom stereocenters. The molecule has 0 aromatic carbocycles. The van der Waals surface area contributed by atoms with Gasteiger partial charge in [-0.05, 0) is 12.8 Å². The number of guanidine groups is 1. The van der Waals surface area contributed by atoms with Crippen LogP contribution in [0.2, 0.25) is 0 Å². The minimum absolute atomic E-state index is 0.335. The standard InChI is InChI=1S/C17H30N4/c1-7-11-19-17(18-10-4)20-14-16(15(5)6)21(12-8-2)13-9-3/h1,8-9,15-16H,2-3,10-14H2,4-6H3,(H2,18,19,20). The number of terminal acetylenes is 1. The van der Waals surface area contributed by atoms with E-state index >= 15 is 0 Å². The van der Waals surface area contributed by atoms with E-state index in [4.69, 9.17) is 6.42 Å². The lowest BCUT2D eigenvalue weighted by molar-refractivity contribution is 0.195. The van der Waals surface area contributed by atoms with Crippen LogP contribution in [0.4, 0.5) is 0 Å². The summed E-state index contributed by atoms with van der Waals surface area (Å²) in [5, 5.41) is 6.31. The lowest BCUT2D eigenvalue weighted by Gasteiger charge is -2.32. The van der Waals surface area contributed by atoms with Gasteiger partial charge in [-0.15, -0.1) is 19.6 Å². The lowest BCUT2D eigenvalue weighted by Crippen LogP contribution is -2.43. The Balaban J connectivity index is 4.89. The summed E-state index contributed by atoms with van der Waals surface area (Å²) in [5.74, 6) is 3.81. The van der Waals surface area contributed by atoms with Crippen LogP contribution in [-0.4, -0.2) is 49.6 Å². The second-order valence-corrected chi connectivity index (χ2v) is 5.12. The predicted octanol–water partition coefficient (Wildman–Crippen LogP) is 1.87. The van der Waals surface area contributed by atoms with Crippen molar-refractivity contribution in [2.24, 2.45) is 10.9 Å².